The van der Waals surface area contributed by atoms with Crippen molar-refractivity contribution in [3.05, 3.63) is 51.7 Å². The topological polar surface area (TPSA) is 20.3 Å². The molecule has 1 amide bonds. The number of carbonyl (C=O) groups is 1. The quantitative estimate of drug-likeness (QED) is 0.219. The summed E-state index contributed by atoms with van der Waals surface area (Å²) in [6, 6.07) is 12.6. The summed E-state index contributed by atoms with van der Waals surface area (Å²) in [6.45, 7) is 19.0. The molecule has 2 aromatic rings. The molecule has 1 aromatic carbocycles. The molecule has 1 aromatic heterocycles. The van der Waals surface area contributed by atoms with Crippen LogP contribution in [0.15, 0.2) is 36.4 Å². The van der Waals surface area contributed by atoms with Gasteiger partial charge in [0, 0.05) is 41.6 Å². The molecule has 0 aliphatic rings. The van der Waals surface area contributed by atoms with E-state index < -0.39 is 7.81 Å². The van der Waals surface area contributed by atoms with E-state index in [1.165, 1.54) is 9.75 Å². The van der Waals surface area contributed by atoms with Crippen LogP contribution in [0.4, 0.5) is 25.2 Å². The van der Waals surface area contributed by atoms with Gasteiger partial charge in [0.05, 0.1) is 0 Å². The van der Waals surface area contributed by atoms with Crippen molar-refractivity contribution < 1.29 is 30.0 Å². The van der Waals surface area contributed by atoms with E-state index in [9.17, 15) is 30.0 Å². The molecule has 0 saturated carbocycles. The summed E-state index contributed by atoms with van der Waals surface area (Å²) in [7, 11) is -10.7. The summed E-state index contributed by atoms with van der Waals surface area (Å²) in [6.07, 6.45) is 0. The Morgan fingerprint density at radius 3 is 1.56 bits per heavy atom. The van der Waals surface area contributed by atoms with Crippen molar-refractivity contribution >= 4 is 25.1 Å². The maximum atomic E-state index is 13.1. The van der Waals surface area contributed by atoms with E-state index in [2.05, 4.69) is 59.7 Å². The Bertz CT molecular complexity index is 977. The van der Waals surface area contributed by atoms with E-state index in [0.29, 0.717) is 0 Å². The van der Waals surface area contributed by atoms with Crippen LogP contribution in [0.1, 0.15) is 75.5 Å². The van der Waals surface area contributed by atoms with Crippen LogP contribution in [0.25, 0.3) is 11.1 Å². The van der Waals surface area contributed by atoms with Gasteiger partial charge in [0.1, 0.15) is 0 Å². The molecular formula is C24H34F6NOPS. The average Bonchev–Trinajstić information content (AvgIpc) is 2.64. The van der Waals surface area contributed by atoms with Crippen LogP contribution >= 0.6 is 19.1 Å². The second-order valence-corrected chi connectivity index (χ2v) is 13.1. The van der Waals surface area contributed by atoms with Gasteiger partial charge in [0.15, 0.2) is 0 Å². The van der Waals surface area contributed by atoms with Gasteiger partial charge in [-0.1, -0.05) is 59.7 Å². The molecule has 1 heterocycles. The van der Waals surface area contributed by atoms with Crippen molar-refractivity contribution in [2.24, 2.45) is 0 Å². The fraction of sp³-hybridized carbons (Fsp3) is 0.500. The molecule has 0 unspecified atom stereocenters. The number of rotatable bonds is 4. The Balaban J connectivity index is 0.000000718. The third-order valence-electron chi connectivity index (χ3n) is 4.79. The van der Waals surface area contributed by atoms with Gasteiger partial charge in [-0.05, 0) is 31.0 Å². The predicted octanol–water partition coefficient (Wildman–Crippen LogP) is 10.2. The van der Waals surface area contributed by atoms with Crippen LogP contribution in [-0.4, -0.2) is 23.9 Å². The number of hydrogen-bond donors (Lipinski definition) is 0. The third kappa shape index (κ3) is 10.7. The zero-order valence-corrected chi connectivity index (χ0v) is 22.6. The first-order valence-electron chi connectivity index (χ1n) is 10.9. The second-order valence-electron chi connectivity index (χ2n) is 10.1. The van der Waals surface area contributed by atoms with Crippen molar-refractivity contribution in [3.8, 4) is 11.1 Å². The molecule has 0 fully saturated rings. The standard InChI is InChI=1S/C24H34NOS.F6P/c1-9-25(10-2)22(26)19-14-12-11-13-18(19)17-15-20(23(3,4)5)27-21(16-17)24(6,7)8;1-7(2,3,4,5)6/h11-16H,9-10H2,1-8H3;/q+1;-1. The zero-order chi connectivity index (χ0) is 26.8. The molecule has 0 radical (unpaired) electrons. The van der Waals surface area contributed by atoms with E-state index in [1.54, 1.807) is 0 Å². The van der Waals surface area contributed by atoms with Crippen molar-refractivity contribution in [1.29, 1.82) is 0 Å². The van der Waals surface area contributed by atoms with Crippen LogP contribution in [0, 0.1) is 0 Å². The van der Waals surface area contributed by atoms with E-state index in [-0.39, 0.29) is 16.7 Å². The summed E-state index contributed by atoms with van der Waals surface area (Å²) >= 11 is 1.88. The van der Waals surface area contributed by atoms with E-state index in [1.807, 2.05) is 48.3 Å². The fourth-order valence-corrected chi connectivity index (χ4v) is 4.22. The molecule has 0 saturated heterocycles. The summed E-state index contributed by atoms with van der Waals surface area (Å²) < 4.78 is 59.2. The minimum atomic E-state index is -10.7. The monoisotopic (exact) mass is 529 g/mol. The van der Waals surface area contributed by atoms with Crippen molar-refractivity contribution in [1.82, 2.24) is 4.90 Å². The first kappa shape index (κ1) is 30.3. The van der Waals surface area contributed by atoms with Gasteiger partial charge in [-0.15, -0.1) is 0 Å². The van der Waals surface area contributed by atoms with Gasteiger partial charge in [0.2, 0.25) is 21.1 Å². The Morgan fingerprint density at radius 1 is 0.824 bits per heavy atom. The summed E-state index contributed by atoms with van der Waals surface area (Å²) in [5, 5.41) is 0. The molecule has 194 valence electrons. The normalized spacial score (nSPS) is 14.4. The predicted molar refractivity (Wildman–Crippen MR) is 132 cm³/mol. The Morgan fingerprint density at radius 2 is 1.21 bits per heavy atom. The molecular weight excluding hydrogens is 495 g/mol. The molecule has 0 bridgehead atoms. The number of benzene rings is 1. The summed E-state index contributed by atoms with van der Waals surface area (Å²) in [4.78, 5) is 17.7. The molecule has 0 aliphatic heterocycles. The number of carbonyl (C=O) groups excluding carboxylic acids is 1. The van der Waals surface area contributed by atoms with Gasteiger partial charge in [-0.3, -0.25) is 4.79 Å². The SMILES string of the molecule is CCN(CC)C(=O)c1ccccc1-c1cc(C(C)(C)C)[s+]c(C(C)(C)C)c1.F[P-](F)(F)(F)(F)F. The average molecular weight is 530 g/mol. The van der Waals surface area contributed by atoms with Gasteiger partial charge >= 0.3 is 33.0 Å². The first-order valence-corrected chi connectivity index (χ1v) is 13.7. The summed E-state index contributed by atoms with van der Waals surface area (Å²) in [5.74, 6) is 0.109. The van der Waals surface area contributed by atoms with E-state index in [0.717, 1.165) is 29.8 Å². The van der Waals surface area contributed by atoms with Gasteiger partial charge < -0.3 is 4.90 Å². The Kier molecular flexibility index (Phi) is 8.36. The Hall–Kier alpha value is -1.73. The summed E-state index contributed by atoms with van der Waals surface area (Å²) in [5.41, 5.74) is 3.09. The number of halogens is 6. The zero-order valence-electron chi connectivity index (χ0n) is 20.9. The fourth-order valence-electron chi connectivity index (χ4n) is 3.00. The van der Waals surface area contributed by atoms with Crippen molar-refractivity contribution in [3.63, 3.8) is 0 Å². The van der Waals surface area contributed by atoms with E-state index >= 15 is 0 Å². The van der Waals surface area contributed by atoms with Gasteiger partial charge in [-0.25, -0.2) is 0 Å². The molecule has 2 nitrogen and oxygen atoms in total. The van der Waals surface area contributed by atoms with Crippen LogP contribution in [0.3, 0.4) is 0 Å². The van der Waals surface area contributed by atoms with Crippen molar-refractivity contribution in [2.75, 3.05) is 13.1 Å². The number of nitrogens with zero attached hydrogens (tertiary/aromatic N) is 1. The molecule has 2 rings (SSSR count). The molecule has 10 heteroatoms. The minimum absolute atomic E-state index is 0.0680. The van der Waals surface area contributed by atoms with Crippen LogP contribution in [0.2, 0.25) is 0 Å². The van der Waals surface area contributed by atoms with Gasteiger partial charge in [-0.2, -0.15) is 0 Å². The van der Waals surface area contributed by atoms with Crippen LogP contribution < -0.4 is 0 Å². The van der Waals surface area contributed by atoms with Gasteiger partial charge in [0.25, 0.3) is 5.91 Å². The molecule has 0 spiro atoms. The molecule has 0 N–H and O–H groups in total. The number of hydrogen-bond acceptors (Lipinski definition) is 1. The molecule has 0 aliphatic carbocycles. The van der Waals surface area contributed by atoms with Crippen LogP contribution in [-0.2, 0) is 10.8 Å². The first-order chi connectivity index (χ1) is 14.9. The van der Waals surface area contributed by atoms with Crippen molar-refractivity contribution in [2.45, 2.75) is 66.2 Å². The third-order valence-corrected chi connectivity index (χ3v) is 6.69. The Labute approximate surface area is 202 Å². The molecule has 34 heavy (non-hydrogen) atoms. The van der Waals surface area contributed by atoms with Crippen LogP contribution in [0.5, 0.6) is 0 Å². The number of amides is 1. The second kappa shape index (κ2) is 9.38. The maximum absolute atomic E-state index is 13.1. The molecule has 0 atom stereocenters. The van der Waals surface area contributed by atoms with E-state index in [4.69, 9.17) is 0 Å².